The van der Waals surface area contributed by atoms with Crippen LogP contribution < -0.4 is 5.73 Å². The minimum Gasteiger partial charge on any atom is -0.381 e. The molecule has 2 rings (SSSR count). The van der Waals surface area contributed by atoms with Gasteiger partial charge < -0.3 is 10.5 Å². The number of nitrogens with zero attached hydrogens (tertiary/aromatic N) is 2. The number of hydrogen-bond donors (Lipinski definition) is 1. The largest absolute Gasteiger partial charge is 0.381 e. The van der Waals surface area contributed by atoms with Crippen LogP contribution in [0.15, 0.2) is 12.3 Å². The Morgan fingerprint density at radius 1 is 1.62 bits per heavy atom. The van der Waals surface area contributed by atoms with Gasteiger partial charge >= 0.3 is 0 Å². The maximum Gasteiger partial charge on any atom is 0.134 e. The van der Waals surface area contributed by atoms with E-state index in [0.29, 0.717) is 12.5 Å². The highest BCUT2D eigenvalue weighted by atomic mass is 16.5. The predicted octanol–water partition coefficient (Wildman–Crippen LogP) is 0.439. The summed E-state index contributed by atoms with van der Waals surface area (Å²) < 4.78 is 5.27. The van der Waals surface area contributed by atoms with Crippen LogP contribution in [-0.4, -0.2) is 23.2 Å². The van der Waals surface area contributed by atoms with Gasteiger partial charge in [0.2, 0.25) is 0 Å². The fourth-order valence-corrected chi connectivity index (χ4v) is 1.46. The van der Waals surface area contributed by atoms with Crippen molar-refractivity contribution in [3.8, 4) is 0 Å². The third-order valence-corrected chi connectivity index (χ3v) is 2.24. The van der Waals surface area contributed by atoms with Crippen molar-refractivity contribution in [1.82, 2.24) is 9.97 Å². The highest BCUT2D eigenvalue weighted by Crippen LogP contribution is 2.21. The number of nitrogens with two attached hydrogens (primary N) is 1. The molecule has 0 radical (unpaired) electrons. The van der Waals surface area contributed by atoms with Gasteiger partial charge in [-0.3, -0.25) is 0 Å². The van der Waals surface area contributed by atoms with Crippen LogP contribution in [0.2, 0.25) is 0 Å². The number of aromatic nitrogens is 2. The monoisotopic (exact) mass is 179 g/mol. The van der Waals surface area contributed by atoms with E-state index >= 15 is 0 Å². The van der Waals surface area contributed by atoms with Crippen LogP contribution in [0.4, 0.5) is 0 Å². The SMILES string of the molecule is NCc1ccnc(C2CCOC2)n1. The van der Waals surface area contributed by atoms with Crippen molar-refractivity contribution in [3.05, 3.63) is 23.8 Å². The molecule has 1 atom stereocenters. The lowest BCUT2D eigenvalue weighted by atomic mass is 10.1. The van der Waals surface area contributed by atoms with Crippen LogP contribution in [0.25, 0.3) is 0 Å². The fourth-order valence-electron chi connectivity index (χ4n) is 1.46. The molecular weight excluding hydrogens is 166 g/mol. The first-order valence-electron chi connectivity index (χ1n) is 4.50. The third kappa shape index (κ3) is 1.84. The summed E-state index contributed by atoms with van der Waals surface area (Å²) in [4.78, 5) is 8.58. The Hall–Kier alpha value is -1.00. The van der Waals surface area contributed by atoms with Gasteiger partial charge in [-0.05, 0) is 12.5 Å². The van der Waals surface area contributed by atoms with E-state index in [2.05, 4.69) is 9.97 Å². The van der Waals surface area contributed by atoms with Gasteiger partial charge in [0, 0.05) is 25.3 Å². The lowest BCUT2D eigenvalue weighted by molar-refractivity contribution is 0.193. The average molecular weight is 179 g/mol. The van der Waals surface area contributed by atoms with Crippen molar-refractivity contribution in [2.75, 3.05) is 13.2 Å². The Bertz CT molecular complexity index is 284. The molecule has 0 aromatic carbocycles. The summed E-state index contributed by atoms with van der Waals surface area (Å²) in [5.41, 5.74) is 6.40. The second kappa shape index (κ2) is 3.81. The number of hydrogen-bond acceptors (Lipinski definition) is 4. The van der Waals surface area contributed by atoms with Crippen molar-refractivity contribution in [1.29, 1.82) is 0 Å². The molecule has 0 bridgehead atoms. The fraction of sp³-hybridized carbons (Fsp3) is 0.556. The van der Waals surface area contributed by atoms with Gasteiger partial charge in [-0.25, -0.2) is 9.97 Å². The molecule has 0 spiro atoms. The van der Waals surface area contributed by atoms with Gasteiger partial charge in [0.05, 0.1) is 12.3 Å². The normalized spacial score (nSPS) is 22.1. The highest BCUT2D eigenvalue weighted by Gasteiger charge is 2.20. The molecule has 4 heteroatoms. The summed E-state index contributed by atoms with van der Waals surface area (Å²) in [7, 11) is 0. The van der Waals surface area contributed by atoms with Gasteiger partial charge in [0.15, 0.2) is 0 Å². The van der Waals surface area contributed by atoms with Crippen molar-refractivity contribution in [3.63, 3.8) is 0 Å². The van der Waals surface area contributed by atoms with Crippen LogP contribution in [0.3, 0.4) is 0 Å². The van der Waals surface area contributed by atoms with E-state index in [1.54, 1.807) is 6.20 Å². The Morgan fingerprint density at radius 3 is 3.23 bits per heavy atom. The zero-order chi connectivity index (χ0) is 9.10. The molecule has 1 unspecified atom stereocenters. The molecule has 70 valence electrons. The summed E-state index contributed by atoms with van der Waals surface area (Å²) in [5, 5.41) is 0. The summed E-state index contributed by atoms with van der Waals surface area (Å²) in [6.07, 6.45) is 2.79. The molecule has 1 fully saturated rings. The van der Waals surface area contributed by atoms with E-state index < -0.39 is 0 Å². The standard InChI is InChI=1S/C9H13N3O/c10-5-8-1-3-11-9(12-8)7-2-4-13-6-7/h1,3,7H,2,4-6,10H2. The molecule has 1 aromatic rings. The first-order chi connectivity index (χ1) is 6.40. The molecule has 4 nitrogen and oxygen atoms in total. The smallest absolute Gasteiger partial charge is 0.134 e. The summed E-state index contributed by atoms with van der Waals surface area (Å²) >= 11 is 0. The molecule has 2 N–H and O–H groups in total. The van der Waals surface area contributed by atoms with Gasteiger partial charge in [-0.1, -0.05) is 0 Å². The average Bonchev–Trinajstić information content (AvgIpc) is 2.71. The van der Waals surface area contributed by atoms with Gasteiger partial charge in [-0.15, -0.1) is 0 Å². The van der Waals surface area contributed by atoms with E-state index in [1.165, 1.54) is 0 Å². The van der Waals surface area contributed by atoms with Crippen LogP contribution in [-0.2, 0) is 11.3 Å². The Kier molecular flexibility index (Phi) is 2.52. The first kappa shape index (κ1) is 8.59. The quantitative estimate of drug-likeness (QED) is 0.715. The Labute approximate surface area is 77.1 Å². The lowest BCUT2D eigenvalue weighted by Crippen LogP contribution is -2.08. The molecule has 0 saturated carbocycles. The summed E-state index contributed by atoms with van der Waals surface area (Å²) in [6.45, 7) is 2.04. The second-order valence-electron chi connectivity index (χ2n) is 3.17. The highest BCUT2D eigenvalue weighted by molar-refractivity contribution is 5.06. The van der Waals surface area contributed by atoms with Crippen LogP contribution in [0.5, 0.6) is 0 Å². The first-order valence-corrected chi connectivity index (χ1v) is 4.50. The summed E-state index contributed by atoms with van der Waals surface area (Å²) in [6, 6.07) is 1.85. The second-order valence-corrected chi connectivity index (χ2v) is 3.17. The van der Waals surface area contributed by atoms with Crippen molar-refractivity contribution in [2.24, 2.45) is 5.73 Å². The topological polar surface area (TPSA) is 61.0 Å². The lowest BCUT2D eigenvalue weighted by Gasteiger charge is -2.06. The van der Waals surface area contributed by atoms with Crippen molar-refractivity contribution < 1.29 is 4.74 Å². The molecule has 2 heterocycles. The van der Waals surface area contributed by atoms with Crippen molar-refractivity contribution in [2.45, 2.75) is 18.9 Å². The maximum absolute atomic E-state index is 5.50. The number of ether oxygens (including phenoxy) is 1. The molecule has 1 aliphatic heterocycles. The summed E-state index contributed by atoms with van der Waals surface area (Å²) in [5.74, 6) is 1.24. The molecular formula is C9H13N3O. The third-order valence-electron chi connectivity index (χ3n) is 2.24. The van der Waals surface area contributed by atoms with Crippen LogP contribution in [0.1, 0.15) is 23.9 Å². The molecule has 13 heavy (non-hydrogen) atoms. The van der Waals surface area contributed by atoms with E-state index in [9.17, 15) is 0 Å². The van der Waals surface area contributed by atoms with E-state index in [-0.39, 0.29) is 0 Å². The van der Waals surface area contributed by atoms with Gasteiger partial charge in [-0.2, -0.15) is 0 Å². The molecule has 1 saturated heterocycles. The van der Waals surface area contributed by atoms with E-state index in [0.717, 1.165) is 31.2 Å². The van der Waals surface area contributed by atoms with Crippen molar-refractivity contribution >= 4 is 0 Å². The zero-order valence-corrected chi connectivity index (χ0v) is 7.44. The molecule has 0 amide bonds. The molecule has 1 aliphatic rings. The Morgan fingerprint density at radius 2 is 2.54 bits per heavy atom. The van der Waals surface area contributed by atoms with Crippen LogP contribution in [0, 0.1) is 0 Å². The number of rotatable bonds is 2. The maximum atomic E-state index is 5.50. The predicted molar refractivity (Wildman–Crippen MR) is 48.1 cm³/mol. The van der Waals surface area contributed by atoms with E-state index in [1.807, 2.05) is 6.07 Å². The molecule has 1 aromatic heterocycles. The van der Waals surface area contributed by atoms with Crippen LogP contribution >= 0.6 is 0 Å². The molecule has 0 aliphatic carbocycles. The Balaban J connectivity index is 2.18. The minimum atomic E-state index is 0.367. The van der Waals surface area contributed by atoms with Gasteiger partial charge in [0.25, 0.3) is 0 Å². The van der Waals surface area contributed by atoms with Gasteiger partial charge in [0.1, 0.15) is 5.82 Å². The zero-order valence-electron chi connectivity index (χ0n) is 7.44. The van der Waals surface area contributed by atoms with E-state index in [4.69, 9.17) is 10.5 Å². The minimum absolute atomic E-state index is 0.367.